The molecule has 0 aliphatic carbocycles. The maximum atomic E-state index is 6.03. The van der Waals surface area contributed by atoms with Crippen LogP contribution in [-0.2, 0) is 6.54 Å². The average molecular weight is 386 g/mol. The van der Waals surface area contributed by atoms with Crippen molar-refractivity contribution in [3.05, 3.63) is 46.1 Å². The van der Waals surface area contributed by atoms with Gasteiger partial charge in [-0.3, -0.25) is 4.68 Å². The summed E-state index contributed by atoms with van der Waals surface area (Å²) in [5, 5.41) is 12.4. The Morgan fingerprint density at radius 2 is 2.04 bits per heavy atom. The van der Waals surface area contributed by atoms with Crippen LogP contribution in [-0.4, -0.2) is 47.0 Å². The summed E-state index contributed by atoms with van der Waals surface area (Å²) in [6.07, 6.45) is 2.92. The van der Waals surface area contributed by atoms with Crippen LogP contribution in [0.4, 0.5) is 5.82 Å². The van der Waals surface area contributed by atoms with Crippen molar-refractivity contribution < 1.29 is 0 Å². The molecule has 8 heteroatoms. The molecule has 1 heterocycles. The number of nitrogens with one attached hydrogen (secondary N) is 2. The highest BCUT2D eigenvalue weighted by Gasteiger charge is 2.04. The van der Waals surface area contributed by atoms with E-state index >= 15 is 0 Å². The fraction of sp³-hybridized carbons (Fsp3) is 0.375. The quantitative estimate of drug-likeness (QED) is 0.564. The number of halogens is 2. The molecule has 0 bridgehead atoms. The van der Waals surface area contributed by atoms with Gasteiger partial charge in [-0.1, -0.05) is 29.3 Å². The van der Waals surface area contributed by atoms with Crippen LogP contribution < -0.4 is 10.6 Å². The maximum absolute atomic E-state index is 6.03. The molecule has 1 aromatic heterocycles. The summed E-state index contributed by atoms with van der Waals surface area (Å²) in [6, 6.07) is 7.44. The average Bonchev–Trinajstić information content (AvgIpc) is 2.94. The van der Waals surface area contributed by atoms with Gasteiger partial charge in [-0.25, -0.2) is 0 Å². The molecule has 2 N–H and O–H groups in total. The Kier molecular flexibility index (Phi) is 7.30. The van der Waals surface area contributed by atoms with Gasteiger partial charge in [-0.05, 0) is 57.0 Å². The van der Waals surface area contributed by atoms with E-state index in [4.69, 9.17) is 35.4 Å². The summed E-state index contributed by atoms with van der Waals surface area (Å²) < 4.78 is 1.82. The number of rotatable bonds is 7. The van der Waals surface area contributed by atoms with E-state index in [2.05, 4.69) is 34.7 Å². The molecule has 2 rings (SSSR count). The second-order valence-corrected chi connectivity index (χ2v) is 6.91. The van der Waals surface area contributed by atoms with Crippen LogP contribution >= 0.6 is 35.4 Å². The lowest BCUT2D eigenvalue weighted by molar-refractivity contribution is 0.400. The predicted octanol–water partition coefficient (Wildman–Crippen LogP) is 3.48. The molecule has 0 aliphatic heterocycles. The standard InChI is InChI=1S/C16H21Cl2N5S/c1-22(2)8-3-7-19-16(24)20-15-6-9-23(21-15)11-12-4-5-13(17)14(18)10-12/h4-6,9-10H,3,7-8,11H2,1-2H3,(H2,19,20,21,24). The smallest absolute Gasteiger partial charge is 0.171 e. The Morgan fingerprint density at radius 3 is 2.75 bits per heavy atom. The first kappa shape index (κ1) is 19.0. The molecule has 0 unspecified atom stereocenters. The van der Waals surface area contributed by atoms with E-state index < -0.39 is 0 Å². The van der Waals surface area contributed by atoms with Crippen molar-refractivity contribution in [1.29, 1.82) is 0 Å². The zero-order valence-corrected chi connectivity index (χ0v) is 16.0. The Morgan fingerprint density at radius 1 is 1.25 bits per heavy atom. The molecule has 0 radical (unpaired) electrons. The maximum Gasteiger partial charge on any atom is 0.171 e. The van der Waals surface area contributed by atoms with Gasteiger partial charge in [-0.15, -0.1) is 0 Å². The summed E-state index contributed by atoms with van der Waals surface area (Å²) >= 11 is 17.2. The summed E-state index contributed by atoms with van der Waals surface area (Å²) in [4.78, 5) is 2.14. The van der Waals surface area contributed by atoms with Crippen LogP contribution in [0.5, 0.6) is 0 Å². The molecule has 0 spiro atoms. The fourth-order valence-electron chi connectivity index (χ4n) is 2.10. The largest absolute Gasteiger partial charge is 0.362 e. The monoisotopic (exact) mass is 385 g/mol. The third-order valence-corrected chi connectivity index (χ3v) is 4.26. The normalized spacial score (nSPS) is 10.9. The first-order chi connectivity index (χ1) is 11.4. The number of benzene rings is 1. The van der Waals surface area contributed by atoms with E-state index in [9.17, 15) is 0 Å². The molecule has 1 aromatic carbocycles. The first-order valence-electron chi connectivity index (χ1n) is 7.61. The van der Waals surface area contributed by atoms with Gasteiger partial charge in [0.2, 0.25) is 0 Å². The lowest BCUT2D eigenvalue weighted by Gasteiger charge is -2.11. The molecule has 0 atom stereocenters. The van der Waals surface area contributed by atoms with Gasteiger partial charge in [0, 0.05) is 18.8 Å². The van der Waals surface area contributed by atoms with Crippen molar-refractivity contribution in [1.82, 2.24) is 20.0 Å². The third-order valence-electron chi connectivity index (χ3n) is 3.28. The molecule has 0 saturated carbocycles. The Balaban J connectivity index is 1.82. The minimum atomic E-state index is 0.544. The van der Waals surface area contributed by atoms with Crippen molar-refractivity contribution in [2.75, 3.05) is 32.5 Å². The number of nitrogens with zero attached hydrogens (tertiary/aromatic N) is 3. The van der Waals surface area contributed by atoms with E-state index in [1.54, 1.807) is 6.07 Å². The van der Waals surface area contributed by atoms with E-state index in [-0.39, 0.29) is 0 Å². The Bertz CT molecular complexity index is 687. The molecule has 0 aliphatic rings. The Hall–Kier alpha value is -1.34. The van der Waals surface area contributed by atoms with Gasteiger partial charge in [0.15, 0.2) is 10.9 Å². The Labute approximate surface area is 157 Å². The predicted molar refractivity (Wildman–Crippen MR) is 105 cm³/mol. The third kappa shape index (κ3) is 6.28. The molecular weight excluding hydrogens is 365 g/mol. The second kappa shape index (κ2) is 9.22. The number of hydrogen-bond donors (Lipinski definition) is 2. The highest BCUT2D eigenvalue weighted by atomic mass is 35.5. The van der Waals surface area contributed by atoms with Crippen LogP contribution in [0, 0.1) is 0 Å². The minimum absolute atomic E-state index is 0.544. The van der Waals surface area contributed by atoms with E-state index in [0.29, 0.717) is 27.5 Å². The number of anilines is 1. The molecule has 0 amide bonds. The molecule has 2 aromatic rings. The first-order valence-corrected chi connectivity index (χ1v) is 8.77. The van der Waals surface area contributed by atoms with Gasteiger partial charge in [0.1, 0.15) is 0 Å². The van der Waals surface area contributed by atoms with Gasteiger partial charge in [0.05, 0.1) is 16.6 Å². The van der Waals surface area contributed by atoms with Crippen molar-refractivity contribution in [2.24, 2.45) is 0 Å². The van der Waals surface area contributed by atoms with Crippen molar-refractivity contribution in [3.8, 4) is 0 Å². The zero-order chi connectivity index (χ0) is 17.5. The molecular formula is C16H21Cl2N5S. The number of aromatic nitrogens is 2. The van der Waals surface area contributed by atoms with Crippen LogP contribution in [0.2, 0.25) is 10.0 Å². The molecule has 0 fully saturated rings. The summed E-state index contributed by atoms with van der Waals surface area (Å²) in [5.74, 6) is 0.708. The van der Waals surface area contributed by atoms with Crippen LogP contribution in [0.1, 0.15) is 12.0 Å². The van der Waals surface area contributed by atoms with Crippen molar-refractivity contribution in [2.45, 2.75) is 13.0 Å². The second-order valence-electron chi connectivity index (χ2n) is 5.68. The van der Waals surface area contributed by atoms with E-state index in [1.165, 1.54) is 0 Å². The van der Waals surface area contributed by atoms with Crippen LogP contribution in [0.15, 0.2) is 30.5 Å². The molecule has 24 heavy (non-hydrogen) atoms. The van der Waals surface area contributed by atoms with Gasteiger partial charge in [-0.2, -0.15) is 5.10 Å². The zero-order valence-electron chi connectivity index (χ0n) is 13.7. The molecule has 0 saturated heterocycles. The molecule has 5 nitrogen and oxygen atoms in total. The van der Waals surface area contributed by atoms with Crippen LogP contribution in [0.3, 0.4) is 0 Å². The summed E-state index contributed by atoms with van der Waals surface area (Å²) in [6.45, 7) is 2.46. The lowest BCUT2D eigenvalue weighted by atomic mass is 10.2. The lowest BCUT2D eigenvalue weighted by Crippen LogP contribution is -2.31. The minimum Gasteiger partial charge on any atom is -0.362 e. The van der Waals surface area contributed by atoms with Crippen molar-refractivity contribution >= 4 is 46.4 Å². The van der Waals surface area contributed by atoms with Crippen molar-refractivity contribution in [3.63, 3.8) is 0 Å². The van der Waals surface area contributed by atoms with Crippen LogP contribution in [0.25, 0.3) is 0 Å². The topological polar surface area (TPSA) is 45.1 Å². The van der Waals surface area contributed by atoms with E-state index in [1.807, 2.05) is 29.1 Å². The highest BCUT2D eigenvalue weighted by molar-refractivity contribution is 7.80. The molecule has 130 valence electrons. The summed E-state index contributed by atoms with van der Waals surface area (Å²) in [7, 11) is 4.11. The SMILES string of the molecule is CN(C)CCCNC(=S)Nc1ccn(Cc2ccc(Cl)c(Cl)c2)n1. The van der Waals surface area contributed by atoms with Gasteiger partial charge < -0.3 is 15.5 Å². The highest BCUT2D eigenvalue weighted by Crippen LogP contribution is 2.23. The summed E-state index contributed by atoms with van der Waals surface area (Å²) in [5.41, 5.74) is 1.03. The fourth-order valence-corrected chi connectivity index (χ4v) is 2.63. The van der Waals surface area contributed by atoms with E-state index in [0.717, 1.165) is 25.1 Å². The van der Waals surface area contributed by atoms with Gasteiger partial charge >= 0.3 is 0 Å². The number of hydrogen-bond acceptors (Lipinski definition) is 3. The van der Waals surface area contributed by atoms with Gasteiger partial charge in [0.25, 0.3) is 0 Å². The number of thiocarbonyl (C=S) groups is 1.